The van der Waals surface area contributed by atoms with Crippen molar-refractivity contribution < 1.29 is 17.9 Å². The first-order valence-electron chi connectivity index (χ1n) is 5.47. The molecule has 1 atom stereocenters. The Bertz CT molecular complexity index is 353. The van der Waals surface area contributed by atoms with Crippen molar-refractivity contribution in [3.63, 3.8) is 0 Å². The van der Waals surface area contributed by atoms with Gasteiger partial charge in [0.05, 0.1) is 17.5 Å². The van der Waals surface area contributed by atoms with Crippen LogP contribution >= 0.6 is 11.6 Å². The average molecular weight is 282 g/mol. The summed E-state index contributed by atoms with van der Waals surface area (Å²) in [7, 11) is 1.57. The van der Waals surface area contributed by atoms with E-state index in [1.807, 2.05) is 0 Å². The number of nitrogens with one attached hydrogen (secondary N) is 1. The van der Waals surface area contributed by atoms with E-state index in [0.29, 0.717) is 25.3 Å². The fraction of sp³-hybridized carbons (Fsp3) is 0.500. The molecule has 1 rings (SSSR count). The third-order valence-electron chi connectivity index (χ3n) is 2.35. The van der Waals surface area contributed by atoms with Crippen LogP contribution in [-0.2, 0) is 10.9 Å². The molecule has 1 unspecified atom stereocenters. The Hall–Kier alpha value is -0.940. The van der Waals surface area contributed by atoms with Gasteiger partial charge in [0.1, 0.15) is 0 Å². The van der Waals surface area contributed by atoms with Gasteiger partial charge in [0, 0.05) is 19.3 Å². The third kappa shape index (κ3) is 5.14. The molecule has 0 saturated carbocycles. The van der Waals surface area contributed by atoms with Gasteiger partial charge >= 0.3 is 6.18 Å². The molecule has 6 heteroatoms. The lowest BCUT2D eigenvalue weighted by Crippen LogP contribution is -2.13. The molecule has 0 spiro atoms. The summed E-state index contributed by atoms with van der Waals surface area (Å²) in [4.78, 5) is 0. The summed E-state index contributed by atoms with van der Waals surface area (Å²) in [6, 6.07) is 4.91. The van der Waals surface area contributed by atoms with Gasteiger partial charge in [-0.1, -0.05) is 0 Å². The predicted molar refractivity (Wildman–Crippen MR) is 66.1 cm³/mol. The van der Waals surface area contributed by atoms with Crippen LogP contribution in [0.2, 0.25) is 0 Å². The summed E-state index contributed by atoms with van der Waals surface area (Å²) in [6.07, 6.45) is -3.62. The highest BCUT2D eigenvalue weighted by molar-refractivity contribution is 6.20. The van der Waals surface area contributed by atoms with Crippen LogP contribution in [0.1, 0.15) is 12.0 Å². The van der Waals surface area contributed by atoms with Crippen molar-refractivity contribution >= 4 is 17.3 Å². The number of benzene rings is 1. The Morgan fingerprint density at radius 3 is 2.39 bits per heavy atom. The van der Waals surface area contributed by atoms with Gasteiger partial charge in [-0.15, -0.1) is 11.6 Å². The molecular formula is C12H15ClF3NO. The van der Waals surface area contributed by atoms with Crippen LogP contribution in [0.25, 0.3) is 0 Å². The predicted octanol–water partition coefficient (Wildman–Crippen LogP) is 3.76. The highest BCUT2D eigenvalue weighted by atomic mass is 35.5. The molecule has 0 aromatic heterocycles. The van der Waals surface area contributed by atoms with Gasteiger partial charge in [0.2, 0.25) is 0 Å². The van der Waals surface area contributed by atoms with E-state index in [1.165, 1.54) is 12.1 Å². The van der Waals surface area contributed by atoms with E-state index in [1.54, 1.807) is 7.11 Å². The molecule has 0 aliphatic rings. The first-order chi connectivity index (χ1) is 8.43. The smallest absolute Gasteiger partial charge is 0.385 e. The number of halogens is 4. The van der Waals surface area contributed by atoms with Crippen molar-refractivity contribution in [1.82, 2.24) is 0 Å². The van der Waals surface area contributed by atoms with E-state index in [9.17, 15) is 13.2 Å². The summed E-state index contributed by atoms with van der Waals surface area (Å²) in [6.45, 7) is 1.04. The minimum atomic E-state index is -4.29. The molecule has 1 N–H and O–H groups in total. The lowest BCUT2D eigenvalue weighted by Gasteiger charge is -2.11. The zero-order chi connectivity index (χ0) is 13.6. The van der Waals surface area contributed by atoms with E-state index >= 15 is 0 Å². The molecule has 0 fully saturated rings. The molecule has 1 aromatic carbocycles. The number of hydrogen-bond acceptors (Lipinski definition) is 2. The van der Waals surface area contributed by atoms with Crippen LogP contribution in [-0.4, -0.2) is 25.6 Å². The molecule has 18 heavy (non-hydrogen) atoms. The van der Waals surface area contributed by atoms with E-state index < -0.39 is 11.7 Å². The van der Waals surface area contributed by atoms with Gasteiger partial charge in [0.15, 0.2) is 0 Å². The van der Waals surface area contributed by atoms with E-state index in [2.05, 4.69) is 5.32 Å². The normalized spacial score (nSPS) is 13.4. The largest absolute Gasteiger partial charge is 0.416 e. The quantitative estimate of drug-likeness (QED) is 0.802. The van der Waals surface area contributed by atoms with Crippen molar-refractivity contribution in [3.05, 3.63) is 29.8 Å². The molecule has 0 radical (unpaired) electrons. The molecular weight excluding hydrogens is 267 g/mol. The lowest BCUT2D eigenvalue weighted by atomic mass is 10.2. The summed E-state index contributed by atoms with van der Waals surface area (Å²) in [5.41, 5.74) is -0.00747. The van der Waals surface area contributed by atoms with Crippen molar-refractivity contribution in [3.8, 4) is 0 Å². The molecule has 0 aliphatic heterocycles. The summed E-state index contributed by atoms with van der Waals surface area (Å²) >= 11 is 5.92. The van der Waals surface area contributed by atoms with Crippen LogP contribution in [0.15, 0.2) is 24.3 Å². The minimum absolute atomic E-state index is 0.100. The Labute approximate surface area is 109 Å². The molecule has 1 aromatic rings. The first-order valence-corrected chi connectivity index (χ1v) is 5.91. The SMILES string of the molecule is COCC(Cl)CCNc1ccc(C(F)(F)F)cc1. The molecule has 0 amide bonds. The Kier molecular flexibility index (Phi) is 5.75. The number of hydrogen-bond donors (Lipinski definition) is 1. The van der Waals surface area contributed by atoms with Gasteiger partial charge in [-0.2, -0.15) is 13.2 Å². The summed E-state index contributed by atoms with van der Waals surface area (Å²) in [5, 5.41) is 2.91. The standard InChI is InChI=1S/C12H15ClF3NO/c1-18-8-10(13)6-7-17-11-4-2-9(3-5-11)12(14,15)16/h2-5,10,17H,6-8H2,1H3. The number of ether oxygens (including phenoxy) is 1. The monoisotopic (exact) mass is 281 g/mol. The van der Waals surface area contributed by atoms with Crippen molar-refractivity contribution in [1.29, 1.82) is 0 Å². The first kappa shape index (κ1) is 15.1. The lowest BCUT2D eigenvalue weighted by molar-refractivity contribution is -0.137. The fourth-order valence-electron chi connectivity index (χ4n) is 1.41. The third-order valence-corrected chi connectivity index (χ3v) is 2.69. The molecule has 0 aliphatic carbocycles. The van der Waals surface area contributed by atoms with Gasteiger partial charge in [-0.3, -0.25) is 0 Å². The van der Waals surface area contributed by atoms with E-state index in [-0.39, 0.29) is 5.38 Å². The van der Waals surface area contributed by atoms with Crippen molar-refractivity contribution in [2.45, 2.75) is 18.0 Å². The maximum absolute atomic E-state index is 12.3. The van der Waals surface area contributed by atoms with Gasteiger partial charge in [-0.05, 0) is 30.7 Å². The summed E-state index contributed by atoms with van der Waals surface area (Å²) < 4.78 is 41.8. The zero-order valence-corrected chi connectivity index (χ0v) is 10.7. The zero-order valence-electron chi connectivity index (χ0n) is 9.93. The molecule has 0 heterocycles. The fourth-order valence-corrected chi connectivity index (χ4v) is 1.65. The molecule has 0 bridgehead atoms. The number of alkyl halides is 4. The van der Waals surface area contributed by atoms with Crippen LogP contribution in [0.4, 0.5) is 18.9 Å². The van der Waals surface area contributed by atoms with Crippen molar-refractivity contribution in [2.24, 2.45) is 0 Å². The highest BCUT2D eigenvalue weighted by Gasteiger charge is 2.29. The Morgan fingerprint density at radius 2 is 1.89 bits per heavy atom. The number of rotatable bonds is 6. The molecule has 2 nitrogen and oxygen atoms in total. The number of anilines is 1. The van der Waals surface area contributed by atoms with Gasteiger partial charge in [-0.25, -0.2) is 0 Å². The Balaban J connectivity index is 2.40. The second-order valence-corrected chi connectivity index (χ2v) is 4.46. The van der Waals surface area contributed by atoms with Crippen LogP contribution in [0.3, 0.4) is 0 Å². The van der Waals surface area contributed by atoms with E-state index in [0.717, 1.165) is 12.1 Å². The summed E-state index contributed by atoms with van der Waals surface area (Å²) in [5.74, 6) is 0. The minimum Gasteiger partial charge on any atom is -0.385 e. The van der Waals surface area contributed by atoms with Gasteiger partial charge < -0.3 is 10.1 Å². The number of methoxy groups -OCH3 is 1. The van der Waals surface area contributed by atoms with Gasteiger partial charge in [0.25, 0.3) is 0 Å². The average Bonchev–Trinajstić information content (AvgIpc) is 2.29. The van der Waals surface area contributed by atoms with Crippen LogP contribution < -0.4 is 5.32 Å². The van der Waals surface area contributed by atoms with Crippen molar-refractivity contribution in [2.75, 3.05) is 25.6 Å². The second kappa shape index (κ2) is 6.85. The topological polar surface area (TPSA) is 21.3 Å². The highest BCUT2D eigenvalue weighted by Crippen LogP contribution is 2.29. The van der Waals surface area contributed by atoms with Crippen LogP contribution in [0.5, 0.6) is 0 Å². The second-order valence-electron chi connectivity index (χ2n) is 3.84. The Morgan fingerprint density at radius 1 is 1.28 bits per heavy atom. The maximum Gasteiger partial charge on any atom is 0.416 e. The maximum atomic E-state index is 12.3. The van der Waals surface area contributed by atoms with E-state index in [4.69, 9.17) is 16.3 Å². The molecule has 0 saturated heterocycles. The van der Waals surface area contributed by atoms with Crippen LogP contribution in [0, 0.1) is 0 Å². The molecule has 102 valence electrons.